The normalized spacial score (nSPS) is 29.4. The topological polar surface area (TPSA) is 33.5 Å². The lowest BCUT2D eigenvalue weighted by atomic mass is 10.2. The van der Waals surface area contributed by atoms with Crippen LogP contribution < -0.4 is 0 Å². The Morgan fingerprint density at radius 2 is 2.00 bits per heavy atom. The van der Waals surface area contributed by atoms with Crippen LogP contribution in [-0.2, 0) is 0 Å². The molecular formula is C9H16N4. The van der Waals surface area contributed by atoms with Gasteiger partial charge >= 0.3 is 0 Å². The molecule has 2 unspecified atom stereocenters. The van der Waals surface area contributed by atoms with E-state index in [1.807, 2.05) is 45.4 Å². The van der Waals surface area contributed by atoms with Gasteiger partial charge in [0.25, 0.3) is 0 Å². The van der Waals surface area contributed by atoms with E-state index in [0.717, 1.165) is 0 Å². The lowest BCUT2D eigenvalue weighted by Gasteiger charge is -2.43. The van der Waals surface area contributed by atoms with Crippen molar-refractivity contribution in [1.82, 2.24) is 14.7 Å². The number of likely N-dealkylation sites (N-methyl/N-ethyl adjacent to an activating group) is 1. The van der Waals surface area contributed by atoms with E-state index in [-0.39, 0.29) is 12.3 Å². The minimum atomic E-state index is -0.122. The van der Waals surface area contributed by atoms with Crippen LogP contribution in [0, 0.1) is 11.3 Å². The summed E-state index contributed by atoms with van der Waals surface area (Å²) in [6.07, 6.45) is 4.02. The van der Waals surface area contributed by atoms with Gasteiger partial charge in [0.05, 0.1) is 6.07 Å². The Morgan fingerprint density at radius 3 is 2.46 bits per heavy atom. The summed E-state index contributed by atoms with van der Waals surface area (Å²) in [7, 11) is 7.97. The fourth-order valence-corrected chi connectivity index (χ4v) is 1.72. The van der Waals surface area contributed by atoms with Crippen molar-refractivity contribution in [1.29, 1.82) is 5.26 Å². The van der Waals surface area contributed by atoms with Crippen LogP contribution in [0.1, 0.15) is 0 Å². The van der Waals surface area contributed by atoms with E-state index in [4.69, 9.17) is 5.26 Å². The number of nitriles is 1. The molecule has 0 saturated carbocycles. The molecule has 0 aromatic carbocycles. The van der Waals surface area contributed by atoms with Crippen molar-refractivity contribution in [3.63, 3.8) is 0 Å². The van der Waals surface area contributed by atoms with E-state index < -0.39 is 0 Å². The van der Waals surface area contributed by atoms with Crippen LogP contribution in [0.25, 0.3) is 0 Å². The van der Waals surface area contributed by atoms with Gasteiger partial charge in [-0.05, 0) is 27.2 Å². The second kappa shape index (κ2) is 3.77. The third-order valence-corrected chi connectivity index (χ3v) is 2.26. The van der Waals surface area contributed by atoms with Crippen LogP contribution >= 0.6 is 0 Å². The number of nitrogens with zero attached hydrogens (tertiary/aromatic N) is 4. The van der Waals surface area contributed by atoms with Gasteiger partial charge < -0.3 is 4.90 Å². The van der Waals surface area contributed by atoms with Crippen molar-refractivity contribution in [2.75, 3.05) is 28.2 Å². The minimum Gasteiger partial charge on any atom is -0.353 e. The average molecular weight is 180 g/mol. The Kier molecular flexibility index (Phi) is 2.91. The second-order valence-electron chi connectivity index (χ2n) is 3.56. The summed E-state index contributed by atoms with van der Waals surface area (Å²) in [5.74, 6) is 0. The lowest BCUT2D eigenvalue weighted by molar-refractivity contribution is -0.0105. The zero-order valence-electron chi connectivity index (χ0n) is 8.60. The van der Waals surface area contributed by atoms with Crippen LogP contribution in [0.5, 0.6) is 0 Å². The SMILES string of the molecule is CN(C)C1N(C)C=CC(C#N)N1C. The van der Waals surface area contributed by atoms with Crippen molar-refractivity contribution in [2.24, 2.45) is 0 Å². The molecule has 13 heavy (non-hydrogen) atoms. The first-order valence-electron chi connectivity index (χ1n) is 4.26. The van der Waals surface area contributed by atoms with Crippen LogP contribution in [0.15, 0.2) is 12.3 Å². The lowest BCUT2D eigenvalue weighted by Crippen LogP contribution is -2.56. The molecule has 0 aromatic rings. The molecule has 0 radical (unpaired) electrons. The molecule has 2 atom stereocenters. The zero-order valence-corrected chi connectivity index (χ0v) is 8.60. The number of hydrogen-bond acceptors (Lipinski definition) is 4. The summed E-state index contributed by atoms with van der Waals surface area (Å²) in [4.78, 5) is 6.18. The molecule has 1 aliphatic heterocycles. The quantitative estimate of drug-likeness (QED) is 0.573. The van der Waals surface area contributed by atoms with Gasteiger partial charge in [-0.25, -0.2) is 0 Å². The fraction of sp³-hybridized carbons (Fsp3) is 0.667. The van der Waals surface area contributed by atoms with Crippen molar-refractivity contribution in [3.8, 4) is 6.07 Å². The van der Waals surface area contributed by atoms with Crippen molar-refractivity contribution in [2.45, 2.75) is 12.3 Å². The molecule has 0 aromatic heterocycles. The number of hydrogen-bond donors (Lipinski definition) is 0. The summed E-state index contributed by atoms with van der Waals surface area (Å²) in [6.45, 7) is 0. The molecule has 1 aliphatic rings. The van der Waals surface area contributed by atoms with Crippen LogP contribution in [0.4, 0.5) is 0 Å². The van der Waals surface area contributed by atoms with E-state index in [0.29, 0.717) is 0 Å². The Morgan fingerprint density at radius 1 is 1.38 bits per heavy atom. The van der Waals surface area contributed by atoms with E-state index in [9.17, 15) is 0 Å². The smallest absolute Gasteiger partial charge is 0.139 e. The predicted molar refractivity (Wildman–Crippen MR) is 51.5 cm³/mol. The molecule has 0 spiro atoms. The number of rotatable bonds is 1. The van der Waals surface area contributed by atoms with E-state index >= 15 is 0 Å². The van der Waals surface area contributed by atoms with Gasteiger partial charge in [-0.1, -0.05) is 0 Å². The van der Waals surface area contributed by atoms with E-state index in [1.165, 1.54) is 0 Å². The van der Waals surface area contributed by atoms with Crippen molar-refractivity contribution < 1.29 is 0 Å². The fourth-order valence-electron chi connectivity index (χ4n) is 1.72. The molecule has 1 heterocycles. The maximum atomic E-state index is 8.87. The highest BCUT2D eigenvalue weighted by Crippen LogP contribution is 2.15. The van der Waals surface area contributed by atoms with E-state index in [2.05, 4.69) is 15.9 Å². The third kappa shape index (κ3) is 1.82. The van der Waals surface area contributed by atoms with Gasteiger partial charge in [0, 0.05) is 13.2 Å². The maximum Gasteiger partial charge on any atom is 0.139 e. The second-order valence-corrected chi connectivity index (χ2v) is 3.56. The Labute approximate surface area is 79.6 Å². The summed E-state index contributed by atoms with van der Waals surface area (Å²) in [5, 5.41) is 8.87. The molecule has 0 aliphatic carbocycles. The summed E-state index contributed by atoms with van der Waals surface area (Å²) >= 11 is 0. The van der Waals surface area contributed by atoms with Gasteiger partial charge in [0.1, 0.15) is 12.3 Å². The molecule has 0 amide bonds. The molecule has 0 bridgehead atoms. The first-order valence-corrected chi connectivity index (χ1v) is 4.26. The first-order chi connectivity index (χ1) is 6.07. The minimum absolute atomic E-state index is 0.122. The average Bonchev–Trinajstić information content (AvgIpc) is 2.04. The highest BCUT2D eigenvalue weighted by molar-refractivity contribution is 5.10. The van der Waals surface area contributed by atoms with Crippen LogP contribution in [0.3, 0.4) is 0 Å². The van der Waals surface area contributed by atoms with Crippen molar-refractivity contribution >= 4 is 0 Å². The predicted octanol–water partition coefficient (Wildman–Crippen LogP) is 0.115. The molecule has 0 N–H and O–H groups in total. The standard InChI is InChI=1S/C9H16N4/c1-11(2)9-12(3)6-5-8(7-10)13(9)4/h5-6,8-9H,1-4H3. The van der Waals surface area contributed by atoms with E-state index in [1.54, 1.807) is 0 Å². The zero-order chi connectivity index (χ0) is 10.0. The molecule has 1 rings (SSSR count). The summed E-state index contributed by atoms with van der Waals surface area (Å²) < 4.78 is 0. The Bertz CT molecular complexity index is 240. The maximum absolute atomic E-state index is 8.87. The largest absolute Gasteiger partial charge is 0.353 e. The van der Waals surface area contributed by atoms with Gasteiger partial charge in [-0.3, -0.25) is 9.80 Å². The molecule has 4 nitrogen and oxygen atoms in total. The monoisotopic (exact) mass is 180 g/mol. The van der Waals surface area contributed by atoms with Crippen LogP contribution in [0.2, 0.25) is 0 Å². The Hall–Kier alpha value is -1.05. The van der Waals surface area contributed by atoms with Crippen molar-refractivity contribution in [3.05, 3.63) is 12.3 Å². The first kappa shape index (κ1) is 10.0. The third-order valence-electron chi connectivity index (χ3n) is 2.26. The Balaban J connectivity index is 2.86. The molecule has 72 valence electrons. The highest BCUT2D eigenvalue weighted by atomic mass is 15.5. The molecule has 0 saturated heterocycles. The molecule has 0 fully saturated rings. The summed E-state index contributed by atoms with van der Waals surface area (Å²) in [5.41, 5.74) is 0. The summed E-state index contributed by atoms with van der Waals surface area (Å²) in [6, 6.07) is 2.12. The van der Waals surface area contributed by atoms with Crippen LogP contribution in [-0.4, -0.2) is 55.2 Å². The molecule has 4 heteroatoms. The van der Waals surface area contributed by atoms with Gasteiger partial charge in [-0.15, -0.1) is 0 Å². The van der Waals surface area contributed by atoms with Gasteiger partial charge in [0.15, 0.2) is 0 Å². The highest BCUT2D eigenvalue weighted by Gasteiger charge is 2.28. The molecular weight excluding hydrogens is 164 g/mol. The van der Waals surface area contributed by atoms with Gasteiger partial charge in [0.2, 0.25) is 0 Å². The van der Waals surface area contributed by atoms with Gasteiger partial charge in [-0.2, -0.15) is 5.26 Å².